The Labute approximate surface area is 175 Å². The van der Waals surface area contributed by atoms with Crippen molar-refractivity contribution < 1.29 is 9.18 Å². The Morgan fingerprint density at radius 3 is 2.60 bits per heavy atom. The molecule has 2 aromatic rings. The van der Waals surface area contributed by atoms with Crippen LogP contribution in [0.2, 0.25) is 0 Å². The number of halogens is 1. The van der Waals surface area contributed by atoms with Gasteiger partial charge in [-0.3, -0.25) is 14.6 Å². The topological polar surface area (TPSA) is 70.4 Å². The normalized spacial score (nSPS) is 20.8. The zero-order valence-corrected chi connectivity index (χ0v) is 17.2. The smallest absolute Gasteiger partial charge is 0.236 e. The second kappa shape index (κ2) is 8.39. The van der Waals surface area contributed by atoms with Gasteiger partial charge >= 0.3 is 0 Å². The van der Waals surface area contributed by atoms with Crippen LogP contribution in [0.5, 0.6) is 0 Å². The van der Waals surface area contributed by atoms with Crippen LogP contribution in [0.1, 0.15) is 36.2 Å². The largest absolute Gasteiger partial charge is 0.339 e. The Morgan fingerprint density at radius 1 is 1.10 bits per heavy atom. The monoisotopic (exact) mass is 413 g/mol. The Morgan fingerprint density at radius 2 is 1.93 bits per heavy atom. The highest BCUT2D eigenvalue weighted by molar-refractivity contribution is 5.78. The van der Waals surface area contributed by atoms with Gasteiger partial charge in [0.05, 0.1) is 17.9 Å². The molecule has 1 saturated carbocycles. The first-order valence-corrected chi connectivity index (χ1v) is 10.9. The summed E-state index contributed by atoms with van der Waals surface area (Å²) >= 11 is 0. The molecule has 0 aromatic carbocycles. The van der Waals surface area contributed by atoms with Crippen molar-refractivity contribution in [2.45, 2.75) is 44.9 Å². The Kier molecular flexibility index (Phi) is 5.47. The van der Waals surface area contributed by atoms with Crippen LogP contribution in [0.4, 0.5) is 4.39 Å². The van der Waals surface area contributed by atoms with Crippen molar-refractivity contribution in [2.75, 3.05) is 39.3 Å². The quantitative estimate of drug-likeness (QED) is 0.733. The number of nitrogens with zero attached hydrogens (tertiary/aromatic N) is 7. The van der Waals surface area contributed by atoms with Gasteiger partial charge in [-0.25, -0.2) is 9.07 Å². The third-order valence-corrected chi connectivity index (χ3v) is 6.64. The van der Waals surface area contributed by atoms with Crippen LogP contribution in [0.15, 0.2) is 18.3 Å². The van der Waals surface area contributed by atoms with E-state index in [4.69, 9.17) is 0 Å². The summed E-state index contributed by atoms with van der Waals surface area (Å²) in [6, 6.07) is 4.11. The summed E-state index contributed by atoms with van der Waals surface area (Å²) in [6.07, 6.45) is 6.82. The molecule has 0 radical (unpaired) electrons. The van der Waals surface area contributed by atoms with Crippen molar-refractivity contribution in [3.05, 3.63) is 35.3 Å². The molecule has 0 N–H and O–H groups in total. The zero-order valence-electron chi connectivity index (χ0n) is 17.2. The van der Waals surface area contributed by atoms with E-state index < -0.39 is 6.67 Å². The molecule has 2 fully saturated rings. The average molecular weight is 414 g/mol. The van der Waals surface area contributed by atoms with Crippen molar-refractivity contribution in [1.29, 1.82) is 0 Å². The lowest BCUT2D eigenvalue weighted by Crippen LogP contribution is -2.55. The Bertz CT molecular complexity index is 887. The number of amides is 1. The summed E-state index contributed by atoms with van der Waals surface area (Å²) in [4.78, 5) is 19.6. The van der Waals surface area contributed by atoms with E-state index in [-0.39, 0.29) is 5.91 Å². The number of rotatable bonds is 5. The predicted octanol–water partition coefficient (Wildman–Crippen LogP) is 1.19. The van der Waals surface area contributed by atoms with E-state index in [1.54, 1.807) is 16.8 Å². The second-order valence-corrected chi connectivity index (χ2v) is 8.52. The summed E-state index contributed by atoms with van der Waals surface area (Å²) in [5, 5.41) is 12.6. The summed E-state index contributed by atoms with van der Waals surface area (Å²) in [5.41, 5.74) is 2.46. The fourth-order valence-electron chi connectivity index (χ4n) is 4.53. The van der Waals surface area contributed by atoms with Crippen molar-refractivity contribution in [3.63, 3.8) is 0 Å². The Hall–Kier alpha value is -2.39. The Balaban J connectivity index is 1.16. The van der Waals surface area contributed by atoms with Crippen LogP contribution in [0.25, 0.3) is 5.82 Å². The number of carbonyl (C=O) groups excluding carboxylic acids is 1. The number of hydrogen-bond acceptors (Lipinski definition) is 6. The highest BCUT2D eigenvalue weighted by Gasteiger charge is 2.30. The molecule has 5 rings (SSSR count). The maximum Gasteiger partial charge on any atom is 0.236 e. The second-order valence-electron chi connectivity index (χ2n) is 8.52. The van der Waals surface area contributed by atoms with Gasteiger partial charge in [0.2, 0.25) is 5.91 Å². The lowest BCUT2D eigenvalue weighted by molar-refractivity contribution is -0.135. The first-order valence-electron chi connectivity index (χ1n) is 10.9. The minimum Gasteiger partial charge on any atom is -0.339 e. The molecule has 8 nitrogen and oxygen atoms in total. The molecular weight excluding hydrogens is 385 g/mol. The van der Waals surface area contributed by atoms with Gasteiger partial charge in [-0.05, 0) is 37.0 Å². The highest BCUT2D eigenvalue weighted by Crippen LogP contribution is 2.25. The van der Waals surface area contributed by atoms with Crippen molar-refractivity contribution in [1.82, 2.24) is 34.7 Å². The van der Waals surface area contributed by atoms with Gasteiger partial charge in [-0.2, -0.15) is 10.2 Å². The number of aromatic nitrogens is 4. The van der Waals surface area contributed by atoms with Gasteiger partial charge in [0.15, 0.2) is 5.82 Å². The molecule has 30 heavy (non-hydrogen) atoms. The SMILES string of the molecule is O=C(CN1CCc2cn(-c3ccc(CF)nn3)nc2C1)N1CCN(C2CCC2)CC1. The molecule has 1 amide bonds. The first kappa shape index (κ1) is 19.6. The van der Waals surface area contributed by atoms with E-state index >= 15 is 0 Å². The predicted molar refractivity (Wildman–Crippen MR) is 109 cm³/mol. The highest BCUT2D eigenvalue weighted by atomic mass is 19.1. The van der Waals surface area contributed by atoms with Crippen molar-refractivity contribution in [2.24, 2.45) is 0 Å². The van der Waals surface area contributed by atoms with E-state index in [1.165, 1.54) is 24.8 Å². The molecule has 160 valence electrons. The number of hydrogen-bond donors (Lipinski definition) is 0. The lowest BCUT2D eigenvalue weighted by atomic mass is 9.91. The zero-order chi connectivity index (χ0) is 20.5. The third-order valence-electron chi connectivity index (χ3n) is 6.64. The van der Waals surface area contributed by atoms with E-state index in [9.17, 15) is 9.18 Å². The van der Waals surface area contributed by atoms with Crippen LogP contribution < -0.4 is 0 Å². The summed E-state index contributed by atoms with van der Waals surface area (Å²) in [7, 11) is 0. The van der Waals surface area contributed by atoms with E-state index in [0.717, 1.165) is 50.9 Å². The fraction of sp³-hybridized carbons (Fsp3) is 0.619. The number of carbonyl (C=O) groups is 1. The van der Waals surface area contributed by atoms with Gasteiger partial charge in [-0.15, -0.1) is 5.10 Å². The number of alkyl halides is 1. The molecule has 9 heteroatoms. The summed E-state index contributed by atoms with van der Waals surface area (Å²) in [6.45, 7) is 5.03. The van der Waals surface area contributed by atoms with Crippen LogP contribution in [-0.2, 0) is 24.4 Å². The molecule has 0 spiro atoms. The molecule has 0 atom stereocenters. The van der Waals surface area contributed by atoms with Crippen molar-refractivity contribution in [3.8, 4) is 5.82 Å². The standard InChI is InChI=1S/C21H28FN7O/c22-12-17-4-5-20(24-23-17)29-13-16-6-7-26(14-19(16)25-29)15-21(30)28-10-8-27(9-11-28)18-2-1-3-18/h4-5,13,18H,1-3,6-12,14-15H2. The minimum absolute atomic E-state index is 0.221. The maximum absolute atomic E-state index is 12.8. The maximum atomic E-state index is 12.8. The van der Waals surface area contributed by atoms with Crippen LogP contribution in [0, 0.1) is 0 Å². The van der Waals surface area contributed by atoms with Crippen LogP contribution in [0.3, 0.4) is 0 Å². The van der Waals surface area contributed by atoms with E-state index in [0.29, 0.717) is 24.6 Å². The molecule has 2 aromatic heterocycles. The number of piperazine rings is 1. The molecule has 4 heterocycles. The third kappa shape index (κ3) is 3.96. The molecule has 2 aliphatic heterocycles. The van der Waals surface area contributed by atoms with Gasteiger partial charge < -0.3 is 4.90 Å². The molecule has 1 aliphatic carbocycles. The van der Waals surface area contributed by atoms with Gasteiger partial charge in [0.25, 0.3) is 0 Å². The lowest BCUT2D eigenvalue weighted by Gasteiger charge is -2.43. The summed E-state index contributed by atoms with van der Waals surface area (Å²) < 4.78 is 14.3. The first-order chi connectivity index (χ1) is 14.7. The molecule has 1 saturated heterocycles. The molecule has 0 bridgehead atoms. The van der Waals surface area contributed by atoms with Crippen LogP contribution in [-0.4, -0.2) is 85.9 Å². The van der Waals surface area contributed by atoms with Gasteiger partial charge in [0.1, 0.15) is 6.67 Å². The number of fused-ring (bicyclic) bond motifs is 1. The molecule has 3 aliphatic rings. The molecule has 0 unspecified atom stereocenters. The van der Waals surface area contributed by atoms with E-state index in [1.807, 2.05) is 11.1 Å². The average Bonchev–Trinajstić information content (AvgIpc) is 3.16. The van der Waals surface area contributed by atoms with Gasteiger partial charge in [-0.1, -0.05) is 6.42 Å². The van der Waals surface area contributed by atoms with Crippen LogP contribution >= 0.6 is 0 Å². The van der Waals surface area contributed by atoms with Gasteiger partial charge in [0, 0.05) is 51.5 Å². The fourth-order valence-corrected chi connectivity index (χ4v) is 4.53. The minimum atomic E-state index is -0.624. The molecular formula is C21H28FN7O. The summed E-state index contributed by atoms with van der Waals surface area (Å²) in [5.74, 6) is 0.798. The van der Waals surface area contributed by atoms with E-state index in [2.05, 4.69) is 25.1 Å². The van der Waals surface area contributed by atoms with Crippen molar-refractivity contribution >= 4 is 5.91 Å².